The van der Waals surface area contributed by atoms with Crippen LogP contribution in [0, 0.1) is 5.92 Å². The fourth-order valence-corrected chi connectivity index (χ4v) is 1.86. The maximum absolute atomic E-state index is 5.69. The number of nitrogens with zero attached hydrogens (tertiary/aromatic N) is 1. The Bertz CT molecular complexity index is 320. The van der Waals surface area contributed by atoms with Crippen LogP contribution in [0.25, 0.3) is 0 Å². The van der Waals surface area contributed by atoms with Gasteiger partial charge >= 0.3 is 0 Å². The molecule has 0 saturated heterocycles. The van der Waals surface area contributed by atoms with Gasteiger partial charge in [-0.1, -0.05) is 19.8 Å². The van der Waals surface area contributed by atoms with Crippen LogP contribution in [-0.4, -0.2) is 11.0 Å². The Labute approximate surface area is 91.1 Å². The third-order valence-corrected chi connectivity index (χ3v) is 2.94. The minimum absolute atomic E-state index is 0.570. The van der Waals surface area contributed by atoms with Gasteiger partial charge in [-0.25, -0.2) is 0 Å². The first-order valence-corrected chi connectivity index (χ1v) is 5.75. The molecule has 1 aromatic rings. The molecule has 3 nitrogen and oxygen atoms in total. The molecule has 1 fully saturated rings. The van der Waals surface area contributed by atoms with E-state index in [2.05, 4.69) is 17.2 Å². The zero-order valence-electron chi connectivity index (χ0n) is 9.24. The first kappa shape index (κ1) is 10.3. The second kappa shape index (κ2) is 4.51. The molecule has 2 rings (SSSR count). The summed E-state index contributed by atoms with van der Waals surface area (Å²) in [6.45, 7) is 2.22. The lowest BCUT2D eigenvalue weighted by Crippen LogP contribution is -2.19. The standard InChI is InChI=1S/C12H19N3/c1-2-11(5-9-3-4-9)15-12-6-10(13)7-14-8-12/h6-9,11,15H,2-5,13H2,1H3. The van der Waals surface area contributed by atoms with E-state index in [1.165, 1.54) is 19.3 Å². The molecule has 1 heterocycles. The zero-order chi connectivity index (χ0) is 10.7. The summed E-state index contributed by atoms with van der Waals surface area (Å²) < 4.78 is 0. The van der Waals surface area contributed by atoms with E-state index in [9.17, 15) is 0 Å². The Morgan fingerprint density at radius 2 is 2.33 bits per heavy atom. The lowest BCUT2D eigenvalue weighted by Gasteiger charge is -2.17. The highest BCUT2D eigenvalue weighted by Crippen LogP contribution is 2.34. The van der Waals surface area contributed by atoms with Gasteiger partial charge in [0.1, 0.15) is 0 Å². The lowest BCUT2D eigenvalue weighted by molar-refractivity contribution is 0.587. The van der Waals surface area contributed by atoms with Crippen LogP contribution in [0.2, 0.25) is 0 Å². The minimum Gasteiger partial charge on any atom is -0.397 e. The molecular weight excluding hydrogens is 186 g/mol. The first-order valence-electron chi connectivity index (χ1n) is 5.75. The van der Waals surface area contributed by atoms with Gasteiger partial charge in [-0.3, -0.25) is 4.98 Å². The molecular formula is C12H19N3. The van der Waals surface area contributed by atoms with Crippen LogP contribution in [0.1, 0.15) is 32.6 Å². The Morgan fingerprint density at radius 3 is 2.93 bits per heavy atom. The SMILES string of the molecule is CCC(CC1CC1)Nc1cncc(N)c1. The average Bonchev–Trinajstić information content (AvgIpc) is 3.01. The van der Waals surface area contributed by atoms with E-state index in [-0.39, 0.29) is 0 Å². The van der Waals surface area contributed by atoms with Crippen LogP contribution in [0.15, 0.2) is 18.5 Å². The molecule has 1 unspecified atom stereocenters. The lowest BCUT2D eigenvalue weighted by atomic mass is 10.1. The Hall–Kier alpha value is -1.25. The van der Waals surface area contributed by atoms with Gasteiger partial charge < -0.3 is 11.1 Å². The second-order valence-electron chi connectivity index (χ2n) is 4.44. The van der Waals surface area contributed by atoms with Crippen molar-refractivity contribution in [3.05, 3.63) is 18.5 Å². The van der Waals surface area contributed by atoms with Crippen molar-refractivity contribution in [3.63, 3.8) is 0 Å². The number of rotatable bonds is 5. The topological polar surface area (TPSA) is 50.9 Å². The summed E-state index contributed by atoms with van der Waals surface area (Å²) >= 11 is 0. The number of nitrogens with two attached hydrogens (primary N) is 1. The van der Waals surface area contributed by atoms with Crippen molar-refractivity contribution in [1.29, 1.82) is 0 Å². The smallest absolute Gasteiger partial charge is 0.0549 e. The van der Waals surface area contributed by atoms with E-state index in [0.717, 1.165) is 23.7 Å². The van der Waals surface area contributed by atoms with E-state index in [4.69, 9.17) is 5.73 Å². The van der Waals surface area contributed by atoms with Crippen molar-refractivity contribution in [2.24, 2.45) is 5.92 Å². The van der Waals surface area contributed by atoms with Gasteiger partial charge in [0, 0.05) is 12.2 Å². The predicted octanol–water partition coefficient (Wildman–Crippen LogP) is 2.65. The summed E-state index contributed by atoms with van der Waals surface area (Å²) in [5.74, 6) is 0.955. The molecule has 0 aromatic carbocycles. The van der Waals surface area contributed by atoms with Gasteiger partial charge in [-0.2, -0.15) is 0 Å². The predicted molar refractivity (Wildman–Crippen MR) is 63.7 cm³/mol. The molecule has 0 aliphatic heterocycles. The first-order chi connectivity index (χ1) is 7.28. The Balaban J connectivity index is 1.92. The summed E-state index contributed by atoms with van der Waals surface area (Å²) in [6.07, 6.45) is 8.77. The quantitative estimate of drug-likeness (QED) is 0.777. The molecule has 0 amide bonds. The van der Waals surface area contributed by atoms with Gasteiger partial charge in [0.25, 0.3) is 0 Å². The van der Waals surface area contributed by atoms with Crippen LogP contribution in [-0.2, 0) is 0 Å². The molecule has 0 bridgehead atoms. The number of hydrogen-bond donors (Lipinski definition) is 2. The monoisotopic (exact) mass is 205 g/mol. The molecule has 1 saturated carbocycles. The minimum atomic E-state index is 0.570. The summed E-state index contributed by atoms with van der Waals surface area (Å²) in [6, 6.07) is 2.52. The second-order valence-corrected chi connectivity index (χ2v) is 4.44. The summed E-state index contributed by atoms with van der Waals surface area (Å²) in [4.78, 5) is 4.08. The Morgan fingerprint density at radius 1 is 1.53 bits per heavy atom. The third kappa shape index (κ3) is 3.11. The summed E-state index contributed by atoms with van der Waals surface area (Å²) in [5, 5.41) is 3.50. The Kier molecular flexibility index (Phi) is 3.09. The third-order valence-electron chi connectivity index (χ3n) is 2.94. The van der Waals surface area contributed by atoms with Crippen molar-refractivity contribution in [2.45, 2.75) is 38.6 Å². The highest BCUT2D eigenvalue weighted by molar-refractivity contribution is 5.51. The van der Waals surface area contributed by atoms with E-state index >= 15 is 0 Å². The van der Waals surface area contributed by atoms with Crippen molar-refractivity contribution < 1.29 is 0 Å². The van der Waals surface area contributed by atoms with Crippen molar-refractivity contribution in [2.75, 3.05) is 11.1 Å². The van der Waals surface area contributed by atoms with E-state index < -0.39 is 0 Å². The molecule has 1 aliphatic rings. The molecule has 0 radical (unpaired) electrons. The highest BCUT2D eigenvalue weighted by atomic mass is 14.9. The number of pyridine rings is 1. The number of nitrogens with one attached hydrogen (secondary N) is 1. The maximum atomic E-state index is 5.69. The molecule has 1 aromatic heterocycles. The van der Waals surface area contributed by atoms with E-state index in [1.54, 1.807) is 6.20 Å². The van der Waals surface area contributed by atoms with Crippen molar-refractivity contribution in [1.82, 2.24) is 4.98 Å². The number of aromatic nitrogens is 1. The van der Waals surface area contributed by atoms with Crippen molar-refractivity contribution >= 4 is 11.4 Å². The van der Waals surface area contributed by atoms with Gasteiger partial charge in [-0.05, 0) is 24.8 Å². The largest absolute Gasteiger partial charge is 0.397 e. The van der Waals surface area contributed by atoms with Crippen LogP contribution in [0.4, 0.5) is 11.4 Å². The number of hydrogen-bond acceptors (Lipinski definition) is 3. The average molecular weight is 205 g/mol. The van der Waals surface area contributed by atoms with Gasteiger partial charge in [0.05, 0.1) is 17.6 Å². The van der Waals surface area contributed by atoms with Crippen LogP contribution in [0.3, 0.4) is 0 Å². The fourth-order valence-electron chi connectivity index (χ4n) is 1.86. The molecule has 1 aliphatic carbocycles. The fraction of sp³-hybridized carbons (Fsp3) is 0.583. The van der Waals surface area contributed by atoms with E-state index in [1.807, 2.05) is 12.3 Å². The molecule has 82 valence electrons. The van der Waals surface area contributed by atoms with Crippen LogP contribution < -0.4 is 11.1 Å². The number of anilines is 2. The van der Waals surface area contributed by atoms with Crippen molar-refractivity contribution in [3.8, 4) is 0 Å². The van der Waals surface area contributed by atoms with Crippen LogP contribution in [0.5, 0.6) is 0 Å². The summed E-state index contributed by atoms with van der Waals surface area (Å²) in [5.41, 5.74) is 7.45. The van der Waals surface area contributed by atoms with Gasteiger partial charge in [0.2, 0.25) is 0 Å². The molecule has 0 spiro atoms. The normalized spacial score (nSPS) is 17.4. The summed E-state index contributed by atoms with van der Waals surface area (Å²) in [7, 11) is 0. The van der Waals surface area contributed by atoms with Crippen LogP contribution >= 0.6 is 0 Å². The number of nitrogen functional groups attached to an aromatic ring is 1. The molecule has 1 atom stereocenters. The molecule has 15 heavy (non-hydrogen) atoms. The van der Waals surface area contributed by atoms with Gasteiger partial charge in [0.15, 0.2) is 0 Å². The van der Waals surface area contributed by atoms with E-state index in [0.29, 0.717) is 6.04 Å². The molecule has 3 N–H and O–H groups in total. The zero-order valence-corrected chi connectivity index (χ0v) is 9.24. The highest BCUT2D eigenvalue weighted by Gasteiger charge is 2.24. The maximum Gasteiger partial charge on any atom is 0.0549 e. The van der Waals surface area contributed by atoms with Gasteiger partial charge in [-0.15, -0.1) is 0 Å². The molecule has 3 heteroatoms.